The van der Waals surface area contributed by atoms with E-state index in [1.807, 2.05) is 6.92 Å². The third-order valence-corrected chi connectivity index (χ3v) is 4.30. The van der Waals surface area contributed by atoms with Gasteiger partial charge >= 0.3 is 12.8 Å². The van der Waals surface area contributed by atoms with Crippen LogP contribution in [0.5, 0.6) is 11.5 Å². The summed E-state index contributed by atoms with van der Waals surface area (Å²) in [4.78, 5) is 5.81. The topological polar surface area (TPSA) is 58.1 Å². The number of ether oxygens (including phenoxy) is 2. The van der Waals surface area contributed by atoms with E-state index in [-0.39, 0.29) is 37.2 Å². The molecule has 170 valence electrons. The maximum absolute atomic E-state index is 12.6. The molecule has 0 aliphatic carbocycles. The summed E-state index contributed by atoms with van der Waals surface area (Å²) in [6.45, 7) is 1.45. The van der Waals surface area contributed by atoms with Gasteiger partial charge in [-0.25, -0.2) is 4.99 Å². The summed E-state index contributed by atoms with van der Waals surface area (Å²) >= 11 is 0. The number of rotatable bonds is 9. The summed E-state index contributed by atoms with van der Waals surface area (Å²) in [7, 11) is 0. The van der Waals surface area contributed by atoms with Crippen LogP contribution in [0.3, 0.4) is 0 Å². The molecule has 11 heteroatoms. The molecular weight excluding hydrogens is 411 g/mol. The molecular formula is C19H27F5N4O2. The van der Waals surface area contributed by atoms with Crippen LogP contribution in [0.15, 0.2) is 23.2 Å². The zero-order chi connectivity index (χ0) is 22.1. The Morgan fingerprint density at radius 2 is 2.03 bits per heavy atom. The third-order valence-electron chi connectivity index (χ3n) is 4.30. The fourth-order valence-corrected chi connectivity index (χ4v) is 3.14. The zero-order valence-electron chi connectivity index (χ0n) is 16.9. The highest BCUT2D eigenvalue weighted by atomic mass is 19.4. The lowest BCUT2D eigenvalue weighted by molar-refractivity contribution is -0.143. The summed E-state index contributed by atoms with van der Waals surface area (Å²) in [5, 5.41) is 6.22. The average Bonchev–Trinajstić information content (AvgIpc) is 3.06. The Kier molecular flexibility index (Phi) is 8.94. The van der Waals surface area contributed by atoms with Crippen LogP contribution in [0.4, 0.5) is 22.0 Å². The molecule has 1 aliphatic heterocycles. The largest absolute Gasteiger partial charge is 0.490 e. The Morgan fingerprint density at radius 1 is 1.27 bits per heavy atom. The highest BCUT2D eigenvalue weighted by molar-refractivity contribution is 5.80. The van der Waals surface area contributed by atoms with Gasteiger partial charge in [0.25, 0.3) is 0 Å². The minimum absolute atomic E-state index is 0.0553. The van der Waals surface area contributed by atoms with E-state index in [1.54, 1.807) is 19.1 Å². The molecule has 1 aromatic rings. The van der Waals surface area contributed by atoms with Crippen LogP contribution in [-0.4, -0.2) is 62.5 Å². The van der Waals surface area contributed by atoms with Crippen LogP contribution < -0.4 is 20.1 Å². The number of hydrogen-bond donors (Lipinski definition) is 2. The Bertz CT molecular complexity index is 700. The third kappa shape index (κ3) is 8.21. The van der Waals surface area contributed by atoms with Gasteiger partial charge in [0.05, 0.1) is 19.7 Å². The van der Waals surface area contributed by atoms with Crippen molar-refractivity contribution in [3.63, 3.8) is 0 Å². The van der Waals surface area contributed by atoms with Crippen molar-refractivity contribution in [2.75, 3.05) is 32.8 Å². The SMILES string of the molecule is CCNC(=NCc1ccc(OC(F)F)c(OCC)c1)NC1CCN(CC(F)(F)F)C1. The molecule has 1 saturated heterocycles. The Morgan fingerprint density at radius 3 is 2.67 bits per heavy atom. The molecule has 1 aromatic carbocycles. The lowest BCUT2D eigenvalue weighted by Gasteiger charge is -2.19. The van der Waals surface area contributed by atoms with E-state index in [0.717, 1.165) is 0 Å². The molecule has 0 bridgehead atoms. The molecule has 0 aromatic heterocycles. The number of guanidine groups is 1. The molecule has 2 rings (SSSR count). The molecule has 0 spiro atoms. The first-order valence-electron chi connectivity index (χ1n) is 9.74. The molecule has 2 N–H and O–H groups in total. The van der Waals surface area contributed by atoms with E-state index in [9.17, 15) is 22.0 Å². The van der Waals surface area contributed by atoms with Crippen molar-refractivity contribution >= 4 is 5.96 Å². The van der Waals surface area contributed by atoms with Crippen molar-refractivity contribution in [1.29, 1.82) is 0 Å². The quantitative estimate of drug-likeness (QED) is 0.352. The summed E-state index contributed by atoms with van der Waals surface area (Å²) in [6, 6.07) is 4.43. The van der Waals surface area contributed by atoms with Gasteiger partial charge in [0.15, 0.2) is 17.5 Å². The van der Waals surface area contributed by atoms with E-state index in [0.29, 0.717) is 31.0 Å². The Hall–Kier alpha value is -2.30. The maximum Gasteiger partial charge on any atom is 0.401 e. The number of aliphatic imine (C=N–C) groups is 1. The molecule has 6 nitrogen and oxygen atoms in total. The van der Waals surface area contributed by atoms with E-state index in [2.05, 4.69) is 20.4 Å². The summed E-state index contributed by atoms with van der Waals surface area (Å²) < 4.78 is 72.5. The fraction of sp³-hybridized carbons (Fsp3) is 0.632. The van der Waals surface area contributed by atoms with Crippen molar-refractivity contribution in [3.8, 4) is 11.5 Å². The molecule has 0 saturated carbocycles. The normalized spacial score (nSPS) is 18.0. The van der Waals surface area contributed by atoms with Crippen molar-refractivity contribution in [3.05, 3.63) is 23.8 Å². The van der Waals surface area contributed by atoms with Gasteiger partial charge in [-0.2, -0.15) is 22.0 Å². The number of likely N-dealkylation sites (tertiary alicyclic amines) is 1. The first-order chi connectivity index (χ1) is 14.2. The van der Waals surface area contributed by atoms with Crippen molar-refractivity contribution in [2.45, 2.75) is 45.6 Å². The van der Waals surface area contributed by atoms with Crippen LogP contribution in [0.25, 0.3) is 0 Å². The number of benzene rings is 1. The van der Waals surface area contributed by atoms with Gasteiger partial charge in [-0.3, -0.25) is 4.90 Å². The predicted octanol–water partition coefficient (Wildman–Crippen LogP) is 3.38. The lowest BCUT2D eigenvalue weighted by atomic mass is 10.2. The highest BCUT2D eigenvalue weighted by Crippen LogP contribution is 2.30. The Balaban J connectivity index is 2.01. The van der Waals surface area contributed by atoms with Crippen molar-refractivity contribution in [2.24, 2.45) is 4.99 Å². The van der Waals surface area contributed by atoms with Crippen LogP contribution in [0.2, 0.25) is 0 Å². The first-order valence-corrected chi connectivity index (χ1v) is 9.74. The molecule has 0 radical (unpaired) electrons. The highest BCUT2D eigenvalue weighted by Gasteiger charge is 2.34. The Labute approximate surface area is 172 Å². The first kappa shape index (κ1) is 24.0. The summed E-state index contributed by atoms with van der Waals surface area (Å²) in [5.74, 6) is 0.615. The molecule has 1 atom stereocenters. The monoisotopic (exact) mass is 438 g/mol. The lowest BCUT2D eigenvalue weighted by Crippen LogP contribution is -2.45. The second-order valence-corrected chi connectivity index (χ2v) is 6.77. The summed E-state index contributed by atoms with van der Waals surface area (Å²) in [5.41, 5.74) is 0.711. The van der Waals surface area contributed by atoms with E-state index in [1.165, 1.54) is 11.0 Å². The van der Waals surface area contributed by atoms with Gasteiger partial charge in [0, 0.05) is 25.7 Å². The maximum atomic E-state index is 12.6. The van der Waals surface area contributed by atoms with Crippen LogP contribution in [0.1, 0.15) is 25.8 Å². The van der Waals surface area contributed by atoms with E-state index >= 15 is 0 Å². The number of halogens is 5. The van der Waals surface area contributed by atoms with Gasteiger partial charge in [-0.1, -0.05) is 6.07 Å². The molecule has 1 heterocycles. The molecule has 1 aliphatic rings. The minimum Gasteiger partial charge on any atom is -0.490 e. The average molecular weight is 438 g/mol. The molecule has 0 amide bonds. The standard InChI is InChI=1S/C19H27F5N4O2/c1-3-25-18(27-14-7-8-28(11-14)12-19(22,23)24)26-10-13-5-6-15(30-17(20)21)16(9-13)29-4-2/h5-6,9,14,17H,3-4,7-8,10-12H2,1-2H3,(H2,25,26,27). The van der Waals surface area contributed by atoms with Crippen LogP contribution in [-0.2, 0) is 6.54 Å². The fourth-order valence-electron chi connectivity index (χ4n) is 3.14. The summed E-state index contributed by atoms with van der Waals surface area (Å²) in [6.07, 6.45) is -3.64. The second-order valence-electron chi connectivity index (χ2n) is 6.77. The number of hydrogen-bond acceptors (Lipinski definition) is 4. The smallest absolute Gasteiger partial charge is 0.401 e. The van der Waals surface area contributed by atoms with Crippen LogP contribution >= 0.6 is 0 Å². The minimum atomic E-state index is -4.22. The van der Waals surface area contributed by atoms with Crippen molar-refractivity contribution in [1.82, 2.24) is 15.5 Å². The molecule has 1 fully saturated rings. The van der Waals surface area contributed by atoms with Gasteiger partial charge in [0.1, 0.15) is 0 Å². The van der Waals surface area contributed by atoms with E-state index < -0.39 is 19.3 Å². The number of nitrogens with zero attached hydrogens (tertiary/aromatic N) is 2. The predicted molar refractivity (Wildman–Crippen MR) is 103 cm³/mol. The molecule has 1 unspecified atom stereocenters. The van der Waals surface area contributed by atoms with Gasteiger partial charge in [-0.05, 0) is 38.0 Å². The van der Waals surface area contributed by atoms with Crippen molar-refractivity contribution < 1.29 is 31.4 Å². The van der Waals surface area contributed by atoms with Gasteiger partial charge < -0.3 is 20.1 Å². The van der Waals surface area contributed by atoms with Gasteiger partial charge in [0.2, 0.25) is 0 Å². The van der Waals surface area contributed by atoms with Gasteiger partial charge in [-0.15, -0.1) is 0 Å². The van der Waals surface area contributed by atoms with E-state index in [4.69, 9.17) is 4.74 Å². The second kappa shape index (κ2) is 11.2. The number of nitrogens with one attached hydrogen (secondary N) is 2. The number of alkyl halides is 5. The van der Waals surface area contributed by atoms with Crippen LogP contribution in [0, 0.1) is 0 Å². The zero-order valence-corrected chi connectivity index (χ0v) is 16.9. The molecule has 30 heavy (non-hydrogen) atoms.